The number of hydrogen-bond donors (Lipinski definition) is 0. The van der Waals surface area contributed by atoms with Gasteiger partial charge in [0.2, 0.25) is 0 Å². The zero-order valence-electron chi connectivity index (χ0n) is 14.5. The Bertz CT molecular complexity index is 774. The molecule has 0 spiro atoms. The highest BCUT2D eigenvalue weighted by Gasteiger charge is 2.25. The lowest BCUT2D eigenvalue weighted by atomic mass is 9.85. The maximum absolute atomic E-state index is 12.1. The van der Waals surface area contributed by atoms with Crippen LogP contribution >= 0.6 is 0 Å². The summed E-state index contributed by atoms with van der Waals surface area (Å²) in [5.41, 5.74) is 5.24. The molecule has 0 radical (unpaired) electrons. The van der Waals surface area contributed by atoms with E-state index < -0.39 is 5.97 Å². The molecule has 0 fully saturated rings. The van der Waals surface area contributed by atoms with E-state index in [1.54, 1.807) is 0 Å². The number of hydrogen-bond acceptors (Lipinski definition) is 4. The van der Waals surface area contributed by atoms with Crippen molar-refractivity contribution in [2.45, 2.75) is 26.7 Å². The highest BCUT2D eigenvalue weighted by Crippen LogP contribution is 2.30. The minimum absolute atomic E-state index is 0.184. The van der Waals surface area contributed by atoms with Gasteiger partial charge in [-0.3, -0.25) is 0 Å². The molecule has 0 amide bonds. The second kappa shape index (κ2) is 8.16. The van der Waals surface area contributed by atoms with Crippen molar-refractivity contribution in [1.82, 2.24) is 0 Å². The molecule has 0 unspecified atom stereocenters. The van der Waals surface area contributed by atoms with Crippen LogP contribution in [0, 0.1) is 11.8 Å². The minimum atomic E-state index is -0.516. The number of nitrogens with zero attached hydrogens (tertiary/aromatic N) is 1. The molecule has 1 aliphatic rings. The molecule has 0 N–H and O–H groups in total. The van der Waals surface area contributed by atoms with E-state index in [1.165, 1.54) is 25.4 Å². The number of allylic oxidation sites excluding steroid dienone is 3. The molecule has 0 saturated carbocycles. The number of benzene rings is 1. The summed E-state index contributed by atoms with van der Waals surface area (Å²) in [5, 5.41) is 3.88. The molecule has 2 rings (SSSR count). The third kappa shape index (κ3) is 4.14. The van der Waals surface area contributed by atoms with Gasteiger partial charge in [-0.15, -0.1) is 0 Å². The van der Waals surface area contributed by atoms with Gasteiger partial charge < -0.3 is 9.57 Å². The Balaban J connectivity index is 2.49. The lowest BCUT2D eigenvalue weighted by Crippen LogP contribution is -2.22. The van der Waals surface area contributed by atoms with Crippen molar-refractivity contribution < 1.29 is 14.4 Å². The summed E-state index contributed by atoms with van der Waals surface area (Å²) >= 11 is 0. The first-order valence-electron chi connectivity index (χ1n) is 7.71. The molecule has 0 saturated heterocycles. The normalized spacial score (nSPS) is 14.9. The average molecular weight is 323 g/mol. The monoisotopic (exact) mass is 323 g/mol. The number of esters is 1. The third-order valence-electron chi connectivity index (χ3n) is 3.96. The van der Waals surface area contributed by atoms with Crippen LogP contribution < -0.4 is 0 Å². The van der Waals surface area contributed by atoms with Crippen molar-refractivity contribution in [1.29, 1.82) is 0 Å². The van der Waals surface area contributed by atoms with Gasteiger partial charge in [-0.2, -0.15) is 0 Å². The molecule has 0 heterocycles. The van der Waals surface area contributed by atoms with Crippen LogP contribution in [0.15, 0.2) is 57.8 Å². The number of carbonyl (C=O) groups is 1. The second-order valence-electron chi connectivity index (χ2n) is 5.60. The summed E-state index contributed by atoms with van der Waals surface area (Å²) in [7, 11) is 2.75. The maximum Gasteiger partial charge on any atom is 0.360 e. The quantitative estimate of drug-likeness (QED) is 0.280. The molecule has 4 nitrogen and oxygen atoms in total. The largest absolute Gasteiger partial charge is 0.464 e. The topological polar surface area (TPSA) is 47.9 Å². The van der Waals surface area contributed by atoms with Crippen LogP contribution in [0.3, 0.4) is 0 Å². The molecule has 0 atom stereocenters. The van der Waals surface area contributed by atoms with E-state index in [0.717, 1.165) is 16.7 Å². The SMILES string of the molecule is CO/N=C(\C(=O)OC)C1=C(C#Cc2ccccc2)CC(C)=C(C)C1. The van der Waals surface area contributed by atoms with E-state index in [9.17, 15) is 4.79 Å². The molecule has 1 aromatic carbocycles. The van der Waals surface area contributed by atoms with E-state index in [2.05, 4.69) is 30.8 Å². The van der Waals surface area contributed by atoms with Crippen molar-refractivity contribution in [3.63, 3.8) is 0 Å². The summed E-state index contributed by atoms with van der Waals surface area (Å²) in [5.74, 6) is 5.85. The van der Waals surface area contributed by atoms with Crippen LogP contribution in [0.4, 0.5) is 0 Å². The third-order valence-corrected chi connectivity index (χ3v) is 3.96. The van der Waals surface area contributed by atoms with Crippen molar-refractivity contribution >= 4 is 11.7 Å². The van der Waals surface area contributed by atoms with Gasteiger partial charge in [-0.05, 0) is 32.4 Å². The van der Waals surface area contributed by atoms with Gasteiger partial charge in [0.25, 0.3) is 0 Å². The Hall–Kier alpha value is -2.80. The second-order valence-corrected chi connectivity index (χ2v) is 5.60. The molecule has 0 aromatic heterocycles. The molecule has 24 heavy (non-hydrogen) atoms. The molecule has 1 aromatic rings. The van der Waals surface area contributed by atoms with E-state index in [1.807, 2.05) is 30.3 Å². The number of carbonyl (C=O) groups excluding carboxylic acids is 1. The van der Waals surface area contributed by atoms with Gasteiger partial charge >= 0.3 is 5.97 Å². The van der Waals surface area contributed by atoms with E-state index >= 15 is 0 Å². The van der Waals surface area contributed by atoms with Crippen LogP contribution in [0.25, 0.3) is 0 Å². The van der Waals surface area contributed by atoms with Gasteiger partial charge in [0.05, 0.1) is 7.11 Å². The fraction of sp³-hybridized carbons (Fsp3) is 0.300. The fourth-order valence-electron chi connectivity index (χ4n) is 2.46. The molecular formula is C20H21NO3. The van der Waals surface area contributed by atoms with E-state index in [0.29, 0.717) is 12.8 Å². The number of oxime groups is 1. The summed E-state index contributed by atoms with van der Waals surface area (Å²) < 4.78 is 4.84. The first-order chi connectivity index (χ1) is 11.6. The smallest absolute Gasteiger partial charge is 0.360 e. The van der Waals surface area contributed by atoms with Gasteiger partial charge in [0.1, 0.15) is 7.11 Å². The Morgan fingerprint density at radius 1 is 1.04 bits per heavy atom. The minimum Gasteiger partial charge on any atom is -0.464 e. The first kappa shape index (κ1) is 17.6. The molecule has 0 bridgehead atoms. The number of rotatable bonds is 3. The Morgan fingerprint density at radius 3 is 2.33 bits per heavy atom. The van der Waals surface area contributed by atoms with Gasteiger partial charge in [0.15, 0.2) is 5.71 Å². The van der Waals surface area contributed by atoms with Gasteiger partial charge in [-0.25, -0.2) is 4.79 Å². The zero-order chi connectivity index (χ0) is 17.5. The summed E-state index contributed by atoms with van der Waals surface area (Å²) in [6.45, 7) is 4.14. The van der Waals surface area contributed by atoms with Crippen LogP contribution in [-0.2, 0) is 14.4 Å². The Labute approximate surface area is 142 Å². The predicted molar refractivity (Wildman–Crippen MR) is 94.4 cm³/mol. The molecule has 4 heteroatoms. The fourth-order valence-corrected chi connectivity index (χ4v) is 2.46. The highest BCUT2D eigenvalue weighted by molar-refractivity contribution is 6.43. The number of methoxy groups -OCH3 is 1. The Kier molecular flexibility index (Phi) is 5.97. The van der Waals surface area contributed by atoms with E-state index in [-0.39, 0.29) is 5.71 Å². The molecular weight excluding hydrogens is 302 g/mol. The maximum atomic E-state index is 12.1. The standard InChI is InChI=1S/C20H21NO3/c1-14-12-17(11-10-16-8-6-5-7-9-16)18(13-15(14)2)19(21-24-4)20(22)23-3/h5-9H,12-13H2,1-4H3/b21-19-. The summed E-state index contributed by atoms with van der Waals surface area (Å²) in [6, 6.07) is 9.75. The molecule has 1 aliphatic carbocycles. The van der Waals surface area contributed by atoms with Crippen LogP contribution in [0.1, 0.15) is 32.3 Å². The van der Waals surface area contributed by atoms with Crippen molar-refractivity contribution in [3.05, 3.63) is 58.2 Å². The highest BCUT2D eigenvalue weighted by atomic mass is 16.6. The predicted octanol–water partition coefficient (Wildman–Crippen LogP) is 3.64. The van der Waals surface area contributed by atoms with Crippen molar-refractivity contribution in [3.8, 4) is 11.8 Å². The summed E-state index contributed by atoms with van der Waals surface area (Å²) in [4.78, 5) is 16.9. The average Bonchev–Trinajstić information content (AvgIpc) is 2.60. The van der Waals surface area contributed by atoms with Crippen LogP contribution in [-0.4, -0.2) is 25.9 Å². The molecule has 0 aliphatic heterocycles. The van der Waals surface area contributed by atoms with Crippen molar-refractivity contribution in [2.24, 2.45) is 5.16 Å². The number of ether oxygens (including phenoxy) is 1. The van der Waals surface area contributed by atoms with Crippen molar-refractivity contribution in [2.75, 3.05) is 14.2 Å². The van der Waals surface area contributed by atoms with Gasteiger partial charge in [-0.1, -0.05) is 46.3 Å². The van der Waals surface area contributed by atoms with Crippen LogP contribution in [0.2, 0.25) is 0 Å². The lowest BCUT2D eigenvalue weighted by molar-refractivity contribution is -0.132. The Morgan fingerprint density at radius 2 is 1.71 bits per heavy atom. The zero-order valence-corrected chi connectivity index (χ0v) is 14.5. The first-order valence-corrected chi connectivity index (χ1v) is 7.71. The van der Waals surface area contributed by atoms with E-state index in [4.69, 9.17) is 9.57 Å². The van der Waals surface area contributed by atoms with Crippen LogP contribution in [0.5, 0.6) is 0 Å². The summed E-state index contributed by atoms with van der Waals surface area (Å²) in [6.07, 6.45) is 1.31. The molecule has 124 valence electrons. The lowest BCUT2D eigenvalue weighted by Gasteiger charge is -2.20. The van der Waals surface area contributed by atoms with Gasteiger partial charge in [0, 0.05) is 23.1 Å².